The summed E-state index contributed by atoms with van der Waals surface area (Å²) in [5.41, 5.74) is 9.02. The molecule has 3 aliphatic rings. The molecule has 0 aromatic heterocycles. The Labute approximate surface area is 272 Å². The molecule has 0 amide bonds. The lowest BCUT2D eigenvalue weighted by molar-refractivity contribution is 0.263. The highest BCUT2D eigenvalue weighted by atomic mass is 16.6. The minimum absolute atomic E-state index is 0.156. The highest BCUT2D eigenvalue weighted by Crippen LogP contribution is 2.44. The van der Waals surface area contributed by atoms with Crippen LogP contribution in [0.25, 0.3) is 11.1 Å². The first-order chi connectivity index (χ1) is 22.4. The Morgan fingerprint density at radius 3 is 1.33 bits per heavy atom. The third kappa shape index (κ3) is 7.41. The predicted octanol–water partition coefficient (Wildman–Crippen LogP) is 8.11. The van der Waals surface area contributed by atoms with Gasteiger partial charge in [-0.2, -0.15) is 0 Å². The van der Waals surface area contributed by atoms with E-state index in [9.17, 15) is 0 Å². The molecule has 3 aliphatic heterocycles. The summed E-state index contributed by atoms with van der Waals surface area (Å²) in [5.74, 6) is 3.29. The minimum atomic E-state index is 0.156. The summed E-state index contributed by atoms with van der Waals surface area (Å²) in [6.45, 7) is 13.4. The van der Waals surface area contributed by atoms with Crippen LogP contribution in [-0.2, 0) is 14.2 Å². The molecule has 3 saturated heterocycles. The van der Waals surface area contributed by atoms with Crippen molar-refractivity contribution in [2.24, 2.45) is 0 Å². The quantitative estimate of drug-likeness (QED) is 0.125. The smallest absolute Gasteiger partial charge is 0.119 e. The molecule has 0 N–H and O–H groups in total. The molecule has 6 nitrogen and oxygen atoms in total. The predicted molar refractivity (Wildman–Crippen MR) is 180 cm³/mol. The highest BCUT2D eigenvalue weighted by Gasteiger charge is 2.27. The third-order valence-corrected chi connectivity index (χ3v) is 9.25. The van der Waals surface area contributed by atoms with Crippen molar-refractivity contribution in [3.63, 3.8) is 0 Å². The summed E-state index contributed by atoms with van der Waals surface area (Å²) in [4.78, 5) is 0. The molecule has 5 atom stereocenters. The lowest BCUT2D eigenvalue weighted by Gasteiger charge is -2.28. The van der Waals surface area contributed by atoms with Gasteiger partial charge in [0.1, 0.15) is 55.4 Å². The number of ether oxygens (including phenoxy) is 6. The van der Waals surface area contributed by atoms with E-state index >= 15 is 0 Å². The monoisotopic (exact) mass is 620 g/mol. The average Bonchev–Trinajstić information content (AvgIpc) is 3.92. The Hall–Kier alpha value is -3.84. The first kappa shape index (κ1) is 30.8. The highest BCUT2D eigenvalue weighted by molar-refractivity contribution is 5.76. The molecular formula is C40H44O6. The van der Waals surface area contributed by atoms with Crippen molar-refractivity contribution < 1.29 is 28.4 Å². The van der Waals surface area contributed by atoms with Gasteiger partial charge in [-0.3, -0.25) is 0 Å². The maximum absolute atomic E-state index is 6.01. The van der Waals surface area contributed by atoms with Gasteiger partial charge in [0.05, 0.1) is 19.8 Å². The molecule has 46 heavy (non-hydrogen) atoms. The molecule has 0 bridgehead atoms. The van der Waals surface area contributed by atoms with Crippen LogP contribution in [0.4, 0.5) is 0 Å². The van der Waals surface area contributed by atoms with Crippen LogP contribution in [-0.4, -0.2) is 58.0 Å². The second kappa shape index (κ2) is 13.5. The van der Waals surface area contributed by atoms with E-state index in [-0.39, 0.29) is 30.1 Å². The van der Waals surface area contributed by atoms with Crippen LogP contribution in [0.2, 0.25) is 0 Å². The number of rotatable bonds is 15. The Bertz CT molecular complexity index is 1600. The number of hydrogen-bond acceptors (Lipinski definition) is 6. The van der Waals surface area contributed by atoms with Crippen LogP contribution in [0, 0.1) is 0 Å². The lowest BCUT2D eigenvalue weighted by Crippen LogP contribution is -2.10. The molecule has 4 aromatic carbocycles. The maximum atomic E-state index is 6.01. The average molecular weight is 621 g/mol. The molecule has 3 fully saturated rings. The molecule has 4 aromatic rings. The number of benzene rings is 4. The van der Waals surface area contributed by atoms with E-state index in [1.807, 2.05) is 0 Å². The largest absolute Gasteiger partial charge is 0.491 e. The number of epoxide rings is 3. The van der Waals surface area contributed by atoms with Crippen LogP contribution in [0.3, 0.4) is 0 Å². The first-order valence-electron chi connectivity index (χ1n) is 16.6. The van der Waals surface area contributed by atoms with Gasteiger partial charge in [-0.15, -0.1) is 0 Å². The van der Waals surface area contributed by atoms with E-state index in [0.717, 1.165) is 37.1 Å². The third-order valence-electron chi connectivity index (χ3n) is 9.25. The van der Waals surface area contributed by atoms with Gasteiger partial charge in [0.2, 0.25) is 0 Å². The molecule has 0 saturated carbocycles. The molecule has 0 aliphatic carbocycles. The Morgan fingerprint density at radius 2 is 0.913 bits per heavy atom. The van der Waals surface area contributed by atoms with Gasteiger partial charge < -0.3 is 28.4 Å². The molecule has 0 radical (unpaired) electrons. The zero-order valence-corrected chi connectivity index (χ0v) is 27.2. The standard InChI is InChI=1S/C40H44O6/c1-25(2)37-17-18-38(26(3)28-5-11-31(12-6-28)41-19-34-22-44-34)40(30-9-15-33(16-10-30)43-21-36-24-46-36)39(37)27(4)29-7-13-32(14-8-29)42-20-35-23-45-35/h5-18,25-27,34-36H,19-24H2,1-4H3. The van der Waals surface area contributed by atoms with Crippen molar-refractivity contribution >= 4 is 0 Å². The fourth-order valence-corrected chi connectivity index (χ4v) is 6.14. The van der Waals surface area contributed by atoms with Crippen molar-refractivity contribution in [1.82, 2.24) is 0 Å². The SMILES string of the molecule is CC(C)c1ccc(C(C)c2ccc(OCC3CO3)cc2)c(-c2ccc(OCC3CO3)cc2)c1C(C)c1ccc(OCC2CO2)cc1. The van der Waals surface area contributed by atoms with Gasteiger partial charge in [0, 0.05) is 11.8 Å². The molecule has 7 rings (SSSR count). The maximum Gasteiger partial charge on any atom is 0.119 e. The number of hydrogen-bond donors (Lipinski definition) is 0. The van der Waals surface area contributed by atoms with E-state index in [1.54, 1.807) is 0 Å². The lowest BCUT2D eigenvalue weighted by atomic mass is 9.76. The fraction of sp³-hybridized carbons (Fsp3) is 0.400. The summed E-state index contributed by atoms with van der Waals surface area (Å²) in [6, 6.07) is 30.4. The van der Waals surface area contributed by atoms with Crippen LogP contribution >= 0.6 is 0 Å². The van der Waals surface area contributed by atoms with E-state index < -0.39 is 0 Å². The molecule has 6 heteroatoms. The van der Waals surface area contributed by atoms with Gasteiger partial charge >= 0.3 is 0 Å². The summed E-state index contributed by atoms with van der Waals surface area (Å²) < 4.78 is 33.9. The Balaban J connectivity index is 1.25. The van der Waals surface area contributed by atoms with Crippen LogP contribution in [0.1, 0.15) is 73.3 Å². The fourth-order valence-electron chi connectivity index (χ4n) is 6.14. The first-order valence-corrected chi connectivity index (χ1v) is 16.6. The summed E-state index contributed by atoms with van der Waals surface area (Å²) >= 11 is 0. The van der Waals surface area contributed by atoms with E-state index in [4.69, 9.17) is 28.4 Å². The second-order valence-corrected chi connectivity index (χ2v) is 13.1. The van der Waals surface area contributed by atoms with Gasteiger partial charge in [-0.05, 0) is 81.3 Å². The van der Waals surface area contributed by atoms with Crippen molar-refractivity contribution in [2.45, 2.75) is 63.8 Å². The van der Waals surface area contributed by atoms with Crippen LogP contribution in [0.5, 0.6) is 17.2 Å². The van der Waals surface area contributed by atoms with Crippen molar-refractivity contribution in [2.75, 3.05) is 39.6 Å². The van der Waals surface area contributed by atoms with Gasteiger partial charge in [-0.1, -0.05) is 76.2 Å². The van der Waals surface area contributed by atoms with Crippen molar-refractivity contribution in [3.05, 3.63) is 113 Å². The molecule has 0 spiro atoms. The van der Waals surface area contributed by atoms with Gasteiger partial charge in [-0.25, -0.2) is 0 Å². The zero-order chi connectivity index (χ0) is 31.6. The van der Waals surface area contributed by atoms with Crippen molar-refractivity contribution in [1.29, 1.82) is 0 Å². The van der Waals surface area contributed by atoms with E-state index in [2.05, 4.69) is 113 Å². The van der Waals surface area contributed by atoms with E-state index in [0.29, 0.717) is 25.7 Å². The normalized spacial score (nSPS) is 21.0. The second-order valence-electron chi connectivity index (χ2n) is 13.1. The topological polar surface area (TPSA) is 65.3 Å². The minimum Gasteiger partial charge on any atom is -0.491 e. The summed E-state index contributed by atoms with van der Waals surface area (Å²) in [7, 11) is 0. The Kier molecular flexibility index (Phi) is 9.03. The molecule has 5 unspecified atom stereocenters. The molecular weight excluding hydrogens is 576 g/mol. The van der Waals surface area contributed by atoms with Crippen LogP contribution < -0.4 is 14.2 Å². The summed E-state index contributed by atoms with van der Waals surface area (Å²) in [5, 5.41) is 0. The van der Waals surface area contributed by atoms with Crippen molar-refractivity contribution in [3.8, 4) is 28.4 Å². The van der Waals surface area contributed by atoms with Gasteiger partial charge in [0.25, 0.3) is 0 Å². The van der Waals surface area contributed by atoms with Crippen LogP contribution in [0.15, 0.2) is 84.9 Å². The zero-order valence-electron chi connectivity index (χ0n) is 27.2. The molecule has 3 heterocycles. The Morgan fingerprint density at radius 1 is 0.522 bits per heavy atom. The van der Waals surface area contributed by atoms with E-state index in [1.165, 1.54) is 38.9 Å². The van der Waals surface area contributed by atoms with Gasteiger partial charge in [0.15, 0.2) is 0 Å². The molecule has 240 valence electrons. The summed E-state index contributed by atoms with van der Waals surface area (Å²) in [6.07, 6.45) is 0.695.